The van der Waals surface area contributed by atoms with E-state index < -0.39 is 0 Å². The van der Waals surface area contributed by atoms with E-state index in [9.17, 15) is 4.79 Å². The van der Waals surface area contributed by atoms with Gasteiger partial charge in [-0.25, -0.2) is 0 Å². The molecule has 1 aromatic rings. The van der Waals surface area contributed by atoms with Crippen LogP contribution in [0.15, 0.2) is 12.3 Å². The minimum atomic E-state index is 0.185. The van der Waals surface area contributed by atoms with Crippen LogP contribution in [0.1, 0.15) is 36.3 Å². The lowest BCUT2D eigenvalue weighted by Gasteiger charge is -1.88. The Kier molecular flexibility index (Phi) is 2.47. The van der Waals surface area contributed by atoms with Gasteiger partial charge in [-0.3, -0.25) is 4.79 Å². The molecule has 0 fully saturated rings. The number of ketones is 1. The molecule has 0 aliphatic carbocycles. The summed E-state index contributed by atoms with van der Waals surface area (Å²) in [4.78, 5) is 14.1. The first-order valence-electron chi connectivity index (χ1n) is 3.98. The lowest BCUT2D eigenvalue weighted by molar-refractivity contribution is 0.0984. The molecule has 0 saturated heterocycles. The van der Waals surface area contributed by atoms with E-state index in [0.717, 1.165) is 12.1 Å². The highest BCUT2D eigenvalue weighted by Gasteiger charge is 2.04. The van der Waals surface area contributed by atoms with Gasteiger partial charge < -0.3 is 4.98 Å². The van der Waals surface area contributed by atoms with Gasteiger partial charge in [0.25, 0.3) is 0 Å². The highest BCUT2D eigenvalue weighted by atomic mass is 16.1. The van der Waals surface area contributed by atoms with Crippen molar-refractivity contribution in [1.82, 2.24) is 4.98 Å². The maximum Gasteiger partial charge on any atom is 0.178 e. The molecule has 2 nitrogen and oxygen atoms in total. The van der Waals surface area contributed by atoms with Crippen molar-refractivity contribution < 1.29 is 4.79 Å². The fourth-order valence-corrected chi connectivity index (χ4v) is 0.995. The van der Waals surface area contributed by atoms with Gasteiger partial charge >= 0.3 is 0 Å². The number of hydrogen-bond acceptors (Lipinski definition) is 1. The molecule has 0 saturated carbocycles. The third-order valence-electron chi connectivity index (χ3n) is 1.77. The number of aryl methyl sites for hydroxylation is 1. The Morgan fingerprint density at radius 1 is 1.55 bits per heavy atom. The average Bonchev–Trinajstić information content (AvgIpc) is 2.50. The zero-order valence-corrected chi connectivity index (χ0v) is 6.98. The third-order valence-corrected chi connectivity index (χ3v) is 1.77. The average molecular weight is 151 g/mol. The summed E-state index contributed by atoms with van der Waals surface area (Å²) in [5, 5.41) is 0. The quantitative estimate of drug-likeness (QED) is 0.660. The number of carbonyl (C=O) groups is 1. The summed E-state index contributed by atoms with van der Waals surface area (Å²) in [5.74, 6) is 0.185. The molecule has 0 spiro atoms. The molecule has 1 N–H and O–H groups in total. The second-order valence-corrected chi connectivity index (χ2v) is 2.55. The standard InChI is InChI=1S/C9H13NO/c1-3-7-5-8(10-6-7)9(11)4-2/h5-6,10H,3-4H2,1-2H3. The summed E-state index contributed by atoms with van der Waals surface area (Å²) >= 11 is 0. The number of Topliss-reactive ketones (excluding diaryl/α,β-unsaturated/α-hetero) is 1. The van der Waals surface area contributed by atoms with Crippen LogP contribution in [0.3, 0.4) is 0 Å². The van der Waals surface area contributed by atoms with E-state index in [4.69, 9.17) is 0 Å². The fraction of sp³-hybridized carbons (Fsp3) is 0.444. The lowest BCUT2D eigenvalue weighted by Crippen LogP contribution is -1.95. The SMILES string of the molecule is CCC(=O)c1cc(CC)c[nH]1. The van der Waals surface area contributed by atoms with Crippen LogP contribution in [0.4, 0.5) is 0 Å². The van der Waals surface area contributed by atoms with Gasteiger partial charge in [0.2, 0.25) is 0 Å². The van der Waals surface area contributed by atoms with Gasteiger partial charge in [0.15, 0.2) is 5.78 Å². The van der Waals surface area contributed by atoms with Gasteiger partial charge in [0.1, 0.15) is 0 Å². The number of aromatic amines is 1. The number of hydrogen-bond donors (Lipinski definition) is 1. The molecule has 0 aliphatic rings. The summed E-state index contributed by atoms with van der Waals surface area (Å²) in [6.45, 7) is 3.94. The summed E-state index contributed by atoms with van der Waals surface area (Å²) in [7, 11) is 0. The van der Waals surface area contributed by atoms with Crippen molar-refractivity contribution in [3.8, 4) is 0 Å². The normalized spacial score (nSPS) is 10.0. The summed E-state index contributed by atoms with van der Waals surface area (Å²) in [5.41, 5.74) is 1.94. The Morgan fingerprint density at radius 2 is 2.27 bits per heavy atom. The van der Waals surface area contributed by atoms with Gasteiger partial charge in [-0.1, -0.05) is 13.8 Å². The molecule has 0 amide bonds. The van der Waals surface area contributed by atoms with E-state index in [-0.39, 0.29) is 5.78 Å². The Bertz CT molecular complexity index is 250. The van der Waals surface area contributed by atoms with Gasteiger partial charge in [-0.05, 0) is 18.1 Å². The first-order valence-corrected chi connectivity index (χ1v) is 3.98. The predicted octanol–water partition coefficient (Wildman–Crippen LogP) is 2.17. The van der Waals surface area contributed by atoms with Crippen molar-refractivity contribution in [1.29, 1.82) is 0 Å². The predicted molar refractivity (Wildman–Crippen MR) is 44.8 cm³/mol. The van der Waals surface area contributed by atoms with Gasteiger partial charge in [0, 0.05) is 12.6 Å². The van der Waals surface area contributed by atoms with E-state index in [2.05, 4.69) is 11.9 Å². The highest BCUT2D eigenvalue weighted by Crippen LogP contribution is 2.05. The Morgan fingerprint density at radius 3 is 2.73 bits per heavy atom. The topological polar surface area (TPSA) is 32.9 Å². The molecule has 0 radical (unpaired) electrons. The molecule has 60 valence electrons. The summed E-state index contributed by atoms with van der Waals surface area (Å²) in [6, 6.07) is 1.92. The van der Waals surface area contributed by atoms with E-state index in [1.54, 1.807) is 0 Å². The maximum atomic E-state index is 11.1. The van der Waals surface area contributed by atoms with Crippen molar-refractivity contribution in [3.63, 3.8) is 0 Å². The van der Waals surface area contributed by atoms with E-state index in [1.807, 2.05) is 19.2 Å². The Balaban J connectivity index is 2.80. The smallest absolute Gasteiger partial charge is 0.178 e. The third kappa shape index (κ3) is 1.70. The first kappa shape index (κ1) is 8.05. The van der Waals surface area contributed by atoms with Crippen molar-refractivity contribution >= 4 is 5.78 Å². The second kappa shape index (κ2) is 3.37. The fourth-order valence-electron chi connectivity index (χ4n) is 0.995. The van der Waals surface area contributed by atoms with Crippen molar-refractivity contribution in [2.75, 3.05) is 0 Å². The monoisotopic (exact) mass is 151 g/mol. The molecular formula is C9H13NO. The van der Waals surface area contributed by atoms with Crippen LogP contribution < -0.4 is 0 Å². The largest absolute Gasteiger partial charge is 0.359 e. The van der Waals surface area contributed by atoms with Gasteiger partial charge in [-0.15, -0.1) is 0 Å². The number of nitrogens with one attached hydrogen (secondary N) is 1. The van der Waals surface area contributed by atoms with Crippen molar-refractivity contribution in [2.45, 2.75) is 26.7 Å². The van der Waals surface area contributed by atoms with Crippen LogP contribution >= 0.6 is 0 Å². The van der Waals surface area contributed by atoms with Crippen LogP contribution in [0.2, 0.25) is 0 Å². The molecule has 0 bridgehead atoms. The Hall–Kier alpha value is -1.05. The molecule has 1 rings (SSSR count). The number of H-pyrrole nitrogens is 1. The highest BCUT2D eigenvalue weighted by molar-refractivity contribution is 5.94. The number of aromatic nitrogens is 1. The molecule has 11 heavy (non-hydrogen) atoms. The van der Waals surface area contributed by atoms with Crippen LogP contribution in [0, 0.1) is 0 Å². The van der Waals surface area contributed by atoms with Gasteiger partial charge in [-0.2, -0.15) is 0 Å². The van der Waals surface area contributed by atoms with E-state index >= 15 is 0 Å². The zero-order chi connectivity index (χ0) is 8.27. The Labute approximate surface area is 66.6 Å². The van der Waals surface area contributed by atoms with E-state index in [1.165, 1.54) is 5.56 Å². The summed E-state index contributed by atoms with van der Waals surface area (Å²) in [6.07, 6.45) is 3.44. The van der Waals surface area contributed by atoms with Crippen LogP contribution in [-0.4, -0.2) is 10.8 Å². The van der Waals surface area contributed by atoms with Crippen molar-refractivity contribution in [2.24, 2.45) is 0 Å². The van der Waals surface area contributed by atoms with E-state index in [0.29, 0.717) is 6.42 Å². The zero-order valence-electron chi connectivity index (χ0n) is 6.98. The summed E-state index contributed by atoms with van der Waals surface area (Å²) < 4.78 is 0. The number of rotatable bonds is 3. The maximum absolute atomic E-state index is 11.1. The van der Waals surface area contributed by atoms with Crippen LogP contribution in [0.5, 0.6) is 0 Å². The van der Waals surface area contributed by atoms with Crippen molar-refractivity contribution in [3.05, 3.63) is 23.5 Å². The molecule has 1 heterocycles. The van der Waals surface area contributed by atoms with Crippen LogP contribution in [-0.2, 0) is 6.42 Å². The molecule has 0 aromatic carbocycles. The lowest BCUT2D eigenvalue weighted by atomic mass is 10.2. The molecule has 1 aromatic heterocycles. The molecule has 0 atom stereocenters. The first-order chi connectivity index (χ1) is 5.27. The minimum Gasteiger partial charge on any atom is -0.359 e. The molecule has 0 aliphatic heterocycles. The number of carbonyl (C=O) groups excluding carboxylic acids is 1. The minimum absolute atomic E-state index is 0.185. The molecule has 0 unspecified atom stereocenters. The molecule has 2 heteroatoms. The molecular weight excluding hydrogens is 138 g/mol. The van der Waals surface area contributed by atoms with Gasteiger partial charge in [0.05, 0.1) is 5.69 Å². The second-order valence-electron chi connectivity index (χ2n) is 2.55. The van der Waals surface area contributed by atoms with Crippen LogP contribution in [0.25, 0.3) is 0 Å².